The van der Waals surface area contributed by atoms with Gasteiger partial charge in [0.15, 0.2) is 0 Å². The van der Waals surface area contributed by atoms with E-state index in [9.17, 15) is 0 Å². The van der Waals surface area contributed by atoms with Crippen molar-refractivity contribution in [3.63, 3.8) is 0 Å². The van der Waals surface area contributed by atoms with Crippen LogP contribution in [0, 0.1) is 11.8 Å². The molecule has 0 aliphatic heterocycles. The van der Waals surface area contributed by atoms with Crippen LogP contribution in [0.4, 0.5) is 0 Å². The molecule has 3 unspecified atom stereocenters. The fourth-order valence-electron chi connectivity index (χ4n) is 2.73. The Kier molecular flexibility index (Phi) is 4.35. The summed E-state index contributed by atoms with van der Waals surface area (Å²) in [6.45, 7) is 2.31. The first-order valence-corrected chi connectivity index (χ1v) is 7.01. The molecule has 2 rings (SSSR count). The summed E-state index contributed by atoms with van der Waals surface area (Å²) in [7, 11) is 0. The van der Waals surface area contributed by atoms with Gasteiger partial charge in [0.25, 0.3) is 0 Å². The van der Waals surface area contributed by atoms with Crippen LogP contribution in [0.5, 0.6) is 0 Å². The Morgan fingerprint density at radius 3 is 2.76 bits per heavy atom. The van der Waals surface area contributed by atoms with Gasteiger partial charge in [0.2, 0.25) is 0 Å². The van der Waals surface area contributed by atoms with Gasteiger partial charge in [0.1, 0.15) is 0 Å². The zero-order valence-electron chi connectivity index (χ0n) is 10.1. The fourth-order valence-corrected chi connectivity index (χ4v) is 3.21. The van der Waals surface area contributed by atoms with Gasteiger partial charge in [-0.1, -0.05) is 36.2 Å². The average molecular weight is 272 g/mol. The highest BCUT2D eigenvalue weighted by atomic mass is 35.5. The lowest BCUT2D eigenvalue weighted by Gasteiger charge is -2.32. The van der Waals surface area contributed by atoms with Crippen LogP contribution in [-0.4, -0.2) is 6.04 Å². The molecule has 2 N–H and O–H groups in total. The van der Waals surface area contributed by atoms with E-state index in [2.05, 4.69) is 6.92 Å². The van der Waals surface area contributed by atoms with E-state index >= 15 is 0 Å². The lowest BCUT2D eigenvalue weighted by atomic mass is 9.76. The molecule has 3 atom stereocenters. The summed E-state index contributed by atoms with van der Waals surface area (Å²) in [6, 6.07) is 6.06. The number of nitrogens with two attached hydrogens (primary N) is 1. The highest BCUT2D eigenvalue weighted by Crippen LogP contribution is 2.32. The first-order chi connectivity index (χ1) is 8.06. The average Bonchev–Trinajstić information content (AvgIpc) is 2.27. The summed E-state index contributed by atoms with van der Waals surface area (Å²) in [6.07, 6.45) is 4.57. The molecule has 3 heteroatoms. The number of halogens is 2. The minimum Gasteiger partial charge on any atom is -0.327 e. The van der Waals surface area contributed by atoms with Gasteiger partial charge in [0.05, 0.1) is 0 Å². The minimum atomic E-state index is 0.318. The van der Waals surface area contributed by atoms with Crippen LogP contribution >= 0.6 is 23.2 Å². The van der Waals surface area contributed by atoms with E-state index in [4.69, 9.17) is 28.9 Å². The van der Waals surface area contributed by atoms with Gasteiger partial charge in [-0.25, -0.2) is 0 Å². The quantitative estimate of drug-likeness (QED) is 0.853. The summed E-state index contributed by atoms with van der Waals surface area (Å²) in [5.41, 5.74) is 7.37. The predicted octanol–water partition coefficient (Wildman–Crippen LogP) is 4.30. The second-order valence-electron chi connectivity index (χ2n) is 5.28. The van der Waals surface area contributed by atoms with Gasteiger partial charge >= 0.3 is 0 Å². The molecule has 1 fully saturated rings. The lowest BCUT2D eigenvalue weighted by Crippen LogP contribution is -2.36. The molecule has 1 aromatic rings. The Morgan fingerprint density at radius 2 is 2.06 bits per heavy atom. The molecular weight excluding hydrogens is 253 g/mol. The Labute approximate surface area is 113 Å². The van der Waals surface area contributed by atoms with E-state index in [1.165, 1.54) is 18.4 Å². The highest BCUT2D eigenvalue weighted by Gasteiger charge is 2.26. The fraction of sp³-hybridized carbons (Fsp3) is 0.571. The number of hydrogen-bond donors (Lipinski definition) is 1. The second-order valence-corrected chi connectivity index (χ2v) is 6.13. The molecule has 0 amide bonds. The van der Waals surface area contributed by atoms with Gasteiger partial charge in [-0.05, 0) is 55.2 Å². The van der Waals surface area contributed by atoms with Crippen LogP contribution in [-0.2, 0) is 6.42 Å². The summed E-state index contributed by atoms with van der Waals surface area (Å²) in [4.78, 5) is 0. The normalized spacial score (nSPS) is 29.3. The molecule has 0 radical (unpaired) electrons. The standard InChI is InChI=1S/C14H19Cl2N/c1-9-2-5-14(17)11(6-9)7-10-3-4-12(15)8-13(10)16/h3-4,8-9,11,14H,2,5-7,17H2,1H3. The maximum absolute atomic E-state index is 6.21. The molecule has 0 heterocycles. The summed E-state index contributed by atoms with van der Waals surface area (Å²) in [5.74, 6) is 1.34. The molecule has 0 bridgehead atoms. The van der Waals surface area contributed by atoms with Gasteiger partial charge in [-0.2, -0.15) is 0 Å². The van der Waals surface area contributed by atoms with Crippen molar-refractivity contribution >= 4 is 23.2 Å². The Morgan fingerprint density at radius 1 is 1.29 bits per heavy atom. The van der Waals surface area contributed by atoms with E-state index in [1.807, 2.05) is 18.2 Å². The van der Waals surface area contributed by atoms with Crippen molar-refractivity contribution < 1.29 is 0 Å². The SMILES string of the molecule is CC1CCC(N)C(Cc2ccc(Cl)cc2Cl)C1. The smallest absolute Gasteiger partial charge is 0.0452 e. The Bertz CT molecular complexity index is 392. The van der Waals surface area contributed by atoms with Crippen LogP contribution in [0.2, 0.25) is 10.0 Å². The van der Waals surface area contributed by atoms with Crippen molar-refractivity contribution in [2.24, 2.45) is 17.6 Å². The van der Waals surface area contributed by atoms with E-state index in [1.54, 1.807) is 0 Å². The number of rotatable bonds is 2. The van der Waals surface area contributed by atoms with Crippen molar-refractivity contribution in [3.05, 3.63) is 33.8 Å². The van der Waals surface area contributed by atoms with Gasteiger partial charge in [-0.15, -0.1) is 0 Å². The van der Waals surface area contributed by atoms with Gasteiger partial charge in [-0.3, -0.25) is 0 Å². The zero-order valence-corrected chi connectivity index (χ0v) is 11.6. The Hall–Kier alpha value is -0.240. The minimum absolute atomic E-state index is 0.318. The topological polar surface area (TPSA) is 26.0 Å². The molecule has 1 aromatic carbocycles. The van der Waals surface area contributed by atoms with Crippen molar-refractivity contribution in [3.8, 4) is 0 Å². The molecule has 1 aliphatic rings. The van der Waals surface area contributed by atoms with Gasteiger partial charge < -0.3 is 5.73 Å². The molecular formula is C14H19Cl2N. The molecule has 0 saturated heterocycles. The summed E-state index contributed by atoms with van der Waals surface area (Å²) < 4.78 is 0. The monoisotopic (exact) mass is 271 g/mol. The van der Waals surface area contributed by atoms with E-state index < -0.39 is 0 Å². The number of hydrogen-bond acceptors (Lipinski definition) is 1. The highest BCUT2D eigenvalue weighted by molar-refractivity contribution is 6.35. The van der Waals surface area contributed by atoms with Crippen LogP contribution in [0.1, 0.15) is 31.7 Å². The van der Waals surface area contributed by atoms with Gasteiger partial charge in [0, 0.05) is 16.1 Å². The van der Waals surface area contributed by atoms with Crippen molar-refractivity contribution in [2.75, 3.05) is 0 Å². The predicted molar refractivity (Wildman–Crippen MR) is 74.6 cm³/mol. The molecule has 94 valence electrons. The summed E-state index contributed by atoms with van der Waals surface area (Å²) >= 11 is 12.1. The first-order valence-electron chi connectivity index (χ1n) is 6.25. The van der Waals surface area contributed by atoms with E-state index in [0.29, 0.717) is 17.0 Å². The Balaban J connectivity index is 2.08. The molecule has 17 heavy (non-hydrogen) atoms. The molecule has 1 nitrogen and oxygen atoms in total. The summed E-state index contributed by atoms with van der Waals surface area (Å²) in [5, 5.41) is 1.46. The van der Waals surface area contributed by atoms with E-state index in [-0.39, 0.29) is 0 Å². The first kappa shape index (κ1) is 13.2. The van der Waals surface area contributed by atoms with Crippen LogP contribution < -0.4 is 5.73 Å². The maximum atomic E-state index is 6.21. The third-order valence-corrected chi connectivity index (χ3v) is 4.39. The number of benzene rings is 1. The van der Waals surface area contributed by atoms with Crippen LogP contribution in [0.3, 0.4) is 0 Å². The van der Waals surface area contributed by atoms with Crippen LogP contribution in [0.15, 0.2) is 18.2 Å². The maximum Gasteiger partial charge on any atom is 0.0452 e. The largest absolute Gasteiger partial charge is 0.327 e. The van der Waals surface area contributed by atoms with Crippen molar-refractivity contribution in [1.29, 1.82) is 0 Å². The van der Waals surface area contributed by atoms with Crippen LogP contribution in [0.25, 0.3) is 0 Å². The third-order valence-electron chi connectivity index (χ3n) is 3.80. The zero-order chi connectivity index (χ0) is 12.4. The third kappa shape index (κ3) is 3.37. The van der Waals surface area contributed by atoms with Crippen molar-refractivity contribution in [1.82, 2.24) is 0 Å². The van der Waals surface area contributed by atoms with Crippen molar-refractivity contribution in [2.45, 2.75) is 38.6 Å². The van der Waals surface area contributed by atoms with E-state index in [0.717, 1.165) is 23.8 Å². The lowest BCUT2D eigenvalue weighted by molar-refractivity contribution is 0.245. The molecule has 1 saturated carbocycles. The molecule has 1 aliphatic carbocycles. The molecule has 0 aromatic heterocycles. The second kappa shape index (κ2) is 5.60. The molecule has 0 spiro atoms.